The Labute approximate surface area is 166 Å². The minimum atomic E-state index is -0.425. The van der Waals surface area contributed by atoms with Crippen molar-refractivity contribution in [3.8, 4) is 0 Å². The number of aryl methyl sites for hydroxylation is 1. The first kappa shape index (κ1) is 18.4. The second-order valence-corrected chi connectivity index (χ2v) is 6.67. The van der Waals surface area contributed by atoms with Crippen LogP contribution in [-0.2, 0) is 20.6 Å². The lowest BCUT2D eigenvalue weighted by Crippen LogP contribution is -2.37. The van der Waals surface area contributed by atoms with Crippen LogP contribution < -0.4 is 16.7 Å². The third-order valence-electron chi connectivity index (χ3n) is 4.71. The van der Waals surface area contributed by atoms with E-state index in [1.807, 2.05) is 60.7 Å². The van der Waals surface area contributed by atoms with Crippen LogP contribution in [0.2, 0.25) is 0 Å². The number of hydrogen-bond acceptors (Lipinski definition) is 5. The van der Waals surface area contributed by atoms with E-state index in [1.54, 1.807) is 17.8 Å². The number of aromatic nitrogens is 4. The smallest absolute Gasteiger partial charge is 0.298 e. The maximum absolute atomic E-state index is 12.8. The Balaban J connectivity index is 1.84. The van der Waals surface area contributed by atoms with Crippen molar-refractivity contribution in [2.45, 2.75) is 6.54 Å². The number of anilines is 1. The lowest BCUT2D eigenvalue weighted by Gasteiger charge is -2.09. The molecule has 0 aliphatic carbocycles. The highest BCUT2D eigenvalue weighted by Crippen LogP contribution is 2.18. The number of hydrazone groups is 1. The van der Waals surface area contributed by atoms with Crippen LogP contribution in [-0.4, -0.2) is 24.9 Å². The fourth-order valence-corrected chi connectivity index (χ4v) is 3.16. The van der Waals surface area contributed by atoms with E-state index < -0.39 is 11.2 Å². The monoisotopic (exact) mass is 388 g/mol. The first-order valence-corrected chi connectivity index (χ1v) is 9.10. The molecule has 8 nitrogen and oxygen atoms in total. The minimum absolute atomic E-state index is 0.312. The van der Waals surface area contributed by atoms with Crippen LogP contribution in [0, 0.1) is 0 Å². The lowest BCUT2D eigenvalue weighted by molar-refractivity contribution is 0.702. The summed E-state index contributed by atoms with van der Waals surface area (Å²) in [5.74, 6) is 0.384. The second-order valence-electron chi connectivity index (χ2n) is 6.67. The van der Waals surface area contributed by atoms with Crippen LogP contribution in [0.1, 0.15) is 11.1 Å². The average molecular weight is 388 g/mol. The summed E-state index contributed by atoms with van der Waals surface area (Å²) in [7, 11) is 3.06. The topological polar surface area (TPSA) is 86.2 Å². The Morgan fingerprint density at radius 2 is 1.62 bits per heavy atom. The standard InChI is InChI=1S/C21H20N6O2/c1-25-18-17(19(28)26(2)21(25)29)27(14-16-11-7-4-8-12-16)20(23-18)24-22-13-15-9-5-3-6-10-15/h3-13H,14H2,1-2H3,(H,23,24)/b22-13-. The van der Waals surface area contributed by atoms with E-state index in [2.05, 4.69) is 15.5 Å². The number of fused-ring (bicyclic) bond motifs is 1. The number of benzene rings is 2. The van der Waals surface area contributed by atoms with E-state index >= 15 is 0 Å². The first-order chi connectivity index (χ1) is 14.1. The molecule has 2 heterocycles. The van der Waals surface area contributed by atoms with Crippen LogP contribution in [0.5, 0.6) is 0 Å². The summed E-state index contributed by atoms with van der Waals surface area (Å²) in [6.07, 6.45) is 1.67. The molecule has 0 aliphatic heterocycles. The van der Waals surface area contributed by atoms with E-state index in [1.165, 1.54) is 11.6 Å². The van der Waals surface area contributed by atoms with Crippen molar-refractivity contribution < 1.29 is 0 Å². The third-order valence-corrected chi connectivity index (χ3v) is 4.71. The van der Waals surface area contributed by atoms with E-state index in [0.717, 1.165) is 15.7 Å². The Bertz CT molecular complexity index is 1300. The van der Waals surface area contributed by atoms with Gasteiger partial charge in [0.1, 0.15) is 0 Å². The van der Waals surface area contributed by atoms with Crippen molar-refractivity contribution in [3.63, 3.8) is 0 Å². The van der Waals surface area contributed by atoms with Gasteiger partial charge in [-0.3, -0.25) is 18.5 Å². The average Bonchev–Trinajstić information content (AvgIpc) is 3.10. The van der Waals surface area contributed by atoms with Gasteiger partial charge in [-0.1, -0.05) is 60.7 Å². The maximum Gasteiger partial charge on any atom is 0.332 e. The summed E-state index contributed by atoms with van der Waals surface area (Å²) in [5.41, 5.74) is 4.68. The SMILES string of the molecule is Cn1c(=O)c2c(nc(N/N=C\c3ccccc3)n2Cc2ccccc2)n(C)c1=O. The van der Waals surface area contributed by atoms with Gasteiger partial charge < -0.3 is 0 Å². The van der Waals surface area contributed by atoms with Gasteiger partial charge in [-0.05, 0) is 11.1 Å². The van der Waals surface area contributed by atoms with Crippen LogP contribution in [0.3, 0.4) is 0 Å². The van der Waals surface area contributed by atoms with Gasteiger partial charge in [0.15, 0.2) is 11.2 Å². The summed E-state index contributed by atoms with van der Waals surface area (Å²) in [4.78, 5) is 29.6. The molecule has 0 saturated heterocycles. The molecule has 0 fully saturated rings. The lowest BCUT2D eigenvalue weighted by atomic mass is 10.2. The normalized spacial score (nSPS) is 11.4. The van der Waals surface area contributed by atoms with Gasteiger partial charge in [-0.25, -0.2) is 10.2 Å². The number of hydrogen-bond donors (Lipinski definition) is 1. The van der Waals surface area contributed by atoms with Crippen LogP contribution in [0.15, 0.2) is 75.4 Å². The van der Waals surface area contributed by atoms with Crippen molar-refractivity contribution >= 4 is 23.3 Å². The van der Waals surface area contributed by atoms with Crippen LogP contribution in [0.4, 0.5) is 5.95 Å². The molecular weight excluding hydrogens is 368 g/mol. The maximum atomic E-state index is 12.8. The molecule has 0 bridgehead atoms. The van der Waals surface area contributed by atoms with Crippen molar-refractivity contribution in [1.82, 2.24) is 18.7 Å². The first-order valence-electron chi connectivity index (χ1n) is 9.10. The number of imidazole rings is 1. The number of rotatable bonds is 5. The fourth-order valence-electron chi connectivity index (χ4n) is 3.16. The molecule has 0 unspecified atom stereocenters. The molecule has 0 spiro atoms. The van der Waals surface area contributed by atoms with Gasteiger partial charge in [0.25, 0.3) is 5.56 Å². The molecule has 0 aliphatic rings. The highest BCUT2D eigenvalue weighted by molar-refractivity contribution is 5.80. The predicted octanol–water partition coefficient (Wildman–Crippen LogP) is 1.93. The predicted molar refractivity (Wildman–Crippen MR) is 113 cm³/mol. The van der Waals surface area contributed by atoms with Crippen LogP contribution >= 0.6 is 0 Å². The zero-order valence-corrected chi connectivity index (χ0v) is 16.1. The Hall–Kier alpha value is -3.94. The molecule has 2 aromatic carbocycles. The van der Waals surface area contributed by atoms with E-state index in [-0.39, 0.29) is 0 Å². The molecule has 4 aromatic rings. The molecular formula is C21H20N6O2. The highest BCUT2D eigenvalue weighted by Gasteiger charge is 2.19. The number of nitrogens with one attached hydrogen (secondary N) is 1. The summed E-state index contributed by atoms with van der Waals surface area (Å²) in [6.45, 7) is 0.411. The van der Waals surface area contributed by atoms with Crippen LogP contribution in [0.25, 0.3) is 11.2 Å². The molecule has 146 valence electrons. The molecule has 0 saturated carbocycles. The summed E-state index contributed by atoms with van der Waals surface area (Å²) in [6, 6.07) is 19.4. The molecule has 0 radical (unpaired) electrons. The summed E-state index contributed by atoms with van der Waals surface area (Å²) >= 11 is 0. The Morgan fingerprint density at radius 1 is 0.966 bits per heavy atom. The van der Waals surface area contributed by atoms with Gasteiger partial charge in [-0.15, -0.1) is 0 Å². The molecule has 2 aromatic heterocycles. The largest absolute Gasteiger partial charge is 0.332 e. The van der Waals surface area contributed by atoms with E-state index in [0.29, 0.717) is 23.7 Å². The molecule has 0 atom stereocenters. The molecule has 0 amide bonds. The fraction of sp³-hybridized carbons (Fsp3) is 0.143. The second kappa shape index (κ2) is 7.59. The minimum Gasteiger partial charge on any atom is -0.298 e. The van der Waals surface area contributed by atoms with Gasteiger partial charge >= 0.3 is 5.69 Å². The molecule has 29 heavy (non-hydrogen) atoms. The zero-order valence-electron chi connectivity index (χ0n) is 16.1. The van der Waals surface area contributed by atoms with Crippen molar-refractivity contribution in [2.75, 3.05) is 5.43 Å². The Kier molecular flexibility index (Phi) is 4.82. The van der Waals surface area contributed by atoms with Gasteiger partial charge in [0.05, 0.1) is 12.8 Å². The summed E-state index contributed by atoms with van der Waals surface area (Å²) in [5, 5.41) is 4.26. The molecule has 8 heteroatoms. The van der Waals surface area contributed by atoms with Crippen molar-refractivity contribution in [2.24, 2.45) is 19.2 Å². The number of nitrogens with zero attached hydrogens (tertiary/aromatic N) is 5. The molecule has 4 rings (SSSR count). The quantitative estimate of drug-likeness (QED) is 0.418. The van der Waals surface area contributed by atoms with Crippen molar-refractivity contribution in [1.29, 1.82) is 0 Å². The van der Waals surface area contributed by atoms with Gasteiger partial charge in [0, 0.05) is 14.1 Å². The summed E-state index contributed by atoms with van der Waals surface area (Å²) < 4.78 is 4.20. The van der Waals surface area contributed by atoms with Gasteiger partial charge in [0.2, 0.25) is 5.95 Å². The highest BCUT2D eigenvalue weighted by atomic mass is 16.2. The zero-order chi connectivity index (χ0) is 20.4. The van der Waals surface area contributed by atoms with Crippen molar-refractivity contribution in [3.05, 3.63) is 92.6 Å². The van der Waals surface area contributed by atoms with E-state index in [9.17, 15) is 9.59 Å². The third kappa shape index (κ3) is 3.47. The van der Waals surface area contributed by atoms with Gasteiger partial charge in [-0.2, -0.15) is 10.1 Å². The Morgan fingerprint density at radius 3 is 2.31 bits per heavy atom. The van der Waals surface area contributed by atoms with E-state index in [4.69, 9.17) is 0 Å². The molecule has 1 N–H and O–H groups in total.